The van der Waals surface area contributed by atoms with E-state index < -0.39 is 30.4 Å². The number of hydrogen-bond acceptors (Lipinski definition) is 5. The first-order valence-corrected chi connectivity index (χ1v) is 5.59. The maximum atomic E-state index is 11.7. The Bertz CT molecular complexity index is 499. The van der Waals surface area contributed by atoms with Crippen LogP contribution in [0.3, 0.4) is 0 Å². The predicted octanol–water partition coefficient (Wildman–Crippen LogP) is -1.27. The molecule has 0 aromatic heterocycles. The van der Waals surface area contributed by atoms with Crippen molar-refractivity contribution in [2.24, 2.45) is 5.73 Å². The Labute approximate surface area is 114 Å². The molecule has 0 radical (unpaired) electrons. The van der Waals surface area contributed by atoms with Gasteiger partial charge in [-0.3, -0.25) is 9.59 Å². The maximum Gasteiger partial charge on any atom is 0.328 e. The van der Waals surface area contributed by atoms with Crippen LogP contribution in [0.4, 0.5) is 0 Å². The molecule has 5 N–H and O–H groups in total. The lowest BCUT2D eigenvalue weighted by atomic mass is 10.2. The van der Waals surface area contributed by atoms with Crippen LogP contribution in [0.1, 0.15) is 10.4 Å². The second kappa shape index (κ2) is 7.10. The van der Waals surface area contributed by atoms with Crippen molar-refractivity contribution in [3.63, 3.8) is 0 Å². The van der Waals surface area contributed by atoms with Crippen LogP contribution in [0, 0.1) is 0 Å². The van der Waals surface area contributed by atoms with Gasteiger partial charge in [0.2, 0.25) is 0 Å². The third kappa shape index (κ3) is 4.58. The van der Waals surface area contributed by atoms with E-state index in [-0.39, 0.29) is 12.2 Å². The zero-order chi connectivity index (χ0) is 15.1. The minimum atomic E-state index is -1.37. The molecule has 8 nitrogen and oxygen atoms in total. The van der Waals surface area contributed by atoms with Crippen molar-refractivity contribution in [2.45, 2.75) is 6.04 Å². The number of primary amides is 1. The number of nitrogens with two attached hydrogens (primary N) is 1. The average Bonchev–Trinajstić information content (AvgIpc) is 2.42. The lowest BCUT2D eigenvalue weighted by Crippen LogP contribution is -2.43. The molecule has 8 heteroatoms. The summed E-state index contributed by atoms with van der Waals surface area (Å²) >= 11 is 0. The highest BCUT2D eigenvalue weighted by molar-refractivity contribution is 5.96. The molecule has 0 saturated heterocycles. The van der Waals surface area contributed by atoms with Crippen LogP contribution in [0.25, 0.3) is 0 Å². The molecule has 1 atom stereocenters. The molecule has 20 heavy (non-hydrogen) atoms. The van der Waals surface area contributed by atoms with Crippen LogP contribution in [0.15, 0.2) is 24.3 Å². The van der Waals surface area contributed by atoms with Crippen LogP contribution in [0.2, 0.25) is 0 Å². The van der Waals surface area contributed by atoms with Crippen LogP contribution >= 0.6 is 0 Å². The third-order valence-electron chi connectivity index (χ3n) is 2.28. The normalized spacial score (nSPS) is 11.4. The number of carbonyl (C=O) groups is 3. The molecule has 0 aliphatic heterocycles. The zero-order valence-corrected chi connectivity index (χ0v) is 10.4. The fourth-order valence-corrected chi connectivity index (χ4v) is 1.28. The summed E-state index contributed by atoms with van der Waals surface area (Å²) in [4.78, 5) is 32.9. The third-order valence-corrected chi connectivity index (χ3v) is 2.28. The van der Waals surface area contributed by atoms with Gasteiger partial charge in [0.15, 0.2) is 12.6 Å². The number of nitrogens with one attached hydrogen (secondary N) is 1. The first-order chi connectivity index (χ1) is 9.43. The molecule has 0 heterocycles. The number of carboxylic acid groups (broad SMARTS) is 1. The van der Waals surface area contributed by atoms with Gasteiger partial charge in [-0.1, -0.05) is 0 Å². The predicted molar refractivity (Wildman–Crippen MR) is 67.1 cm³/mol. The van der Waals surface area contributed by atoms with Gasteiger partial charge in [-0.25, -0.2) is 4.79 Å². The van der Waals surface area contributed by atoms with Crippen molar-refractivity contribution in [3.05, 3.63) is 29.8 Å². The van der Waals surface area contributed by atoms with Crippen LogP contribution in [0.5, 0.6) is 5.75 Å². The molecule has 1 rings (SSSR count). The average molecular weight is 282 g/mol. The highest BCUT2D eigenvalue weighted by Crippen LogP contribution is 2.12. The Morgan fingerprint density at radius 2 is 1.85 bits per heavy atom. The van der Waals surface area contributed by atoms with Gasteiger partial charge >= 0.3 is 5.97 Å². The molecular formula is C12H14N2O6. The van der Waals surface area contributed by atoms with E-state index in [0.717, 1.165) is 0 Å². The molecule has 0 aliphatic carbocycles. The van der Waals surface area contributed by atoms with E-state index in [1.54, 1.807) is 0 Å². The Kier molecular flexibility index (Phi) is 5.48. The van der Waals surface area contributed by atoms with E-state index in [4.69, 9.17) is 20.7 Å². The van der Waals surface area contributed by atoms with Crippen molar-refractivity contribution in [3.8, 4) is 5.75 Å². The molecule has 1 aromatic carbocycles. The van der Waals surface area contributed by atoms with Gasteiger partial charge in [0.25, 0.3) is 11.8 Å². The van der Waals surface area contributed by atoms with Gasteiger partial charge in [-0.15, -0.1) is 0 Å². The molecule has 0 unspecified atom stereocenters. The lowest BCUT2D eigenvalue weighted by molar-refractivity contribution is -0.140. The van der Waals surface area contributed by atoms with Gasteiger partial charge in [0.1, 0.15) is 5.75 Å². The van der Waals surface area contributed by atoms with Gasteiger partial charge in [-0.05, 0) is 24.3 Å². The zero-order valence-electron chi connectivity index (χ0n) is 10.4. The van der Waals surface area contributed by atoms with Crippen molar-refractivity contribution in [1.82, 2.24) is 5.32 Å². The Morgan fingerprint density at radius 3 is 2.30 bits per heavy atom. The SMILES string of the molecule is NC(=O)COc1ccc(C(=O)N[C@@H](CO)C(=O)O)cc1. The standard InChI is InChI=1S/C12H14N2O6/c13-10(16)6-20-8-3-1-7(2-4-8)11(17)14-9(5-15)12(18)19/h1-4,9,15H,5-6H2,(H2,13,16)(H,14,17)(H,18,19)/t9-/m0/s1. The smallest absolute Gasteiger partial charge is 0.328 e. The van der Waals surface area contributed by atoms with E-state index in [0.29, 0.717) is 5.75 Å². The van der Waals surface area contributed by atoms with E-state index in [1.807, 2.05) is 0 Å². The minimum absolute atomic E-state index is 0.191. The fraction of sp³-hybridized carbons (Fsp3) is 0.250. The lowest BCUT2D eigenvalue weighted by Gasteiger charge is -2.11. The summed E-state index contributed by atoms with van der Waals surface area (Å²) in [5, 5.41) is 19.6. The first kappa shape index (κ1) is 15.4. The number of benzene rings is 1. The summed E-state index contributed by atoms with van der Waals surface area (Å²) in [5.74, 6) is -2.26. The Morgan fingerprint density at radius 1 is 1.25 bits per heavy atom. The van der Waals surface area contributed by atoms with Gasteiger partial charge in [0.05, 0.1) is 6.61 Å². The monoisotopic (exact) mass is 282 g/mol. The molecule has 108 valence electrons. The number of aliphatic hydroxyl groups excluding tert-OH is 1. The fourth-order valence-electron chi connectivity index (χ4n) is 1.28. The van der Waals surface area contributed by atoms with Crippen molar-refractivity contribution in [1.29, 1.82) is 0 Å². The number of carboxylic acids is 1. The topological polar surface area (TPSA) is 139 Å². The molecule has 0 bridgehead atoms. The molecule has 0 spiro atoms. The number of aliphatic hydroxyl groups is 1. The minimum Gasteiger partial charge on any atom is -0.484 e. The van der Waals surface area contributed by atoms with Gasteiger partial charge in [-0.2, -0.15) is 0 Å². The van der Waals surface area contributed by atoms with Gasteiger partial charge in [0, 0.05) is 5.56 Å². The van der Waals surface area contributed by atoms with E-state index in [9.17, 15) is 14.4 Å². The number of rotatable bonds is 7. The summed E-state index contributed by atoms with van der Waals surface area (Å²) in [6.45, 7) is -0.988. The molecule has 2 amide bonds. The first-order valence-electron chi connectivity index (χ1n) is 5.59. The van der Waals surface area contributed by atoms with Crippen molar-refractivity contribution in [2.75, 3.05) is 13.2 Å². The summed E-state index contributed by atoms with van der Waals surface area (Å²) in [6.07, 6.45) is 0. The summed E-state index contributed by atoms with van der Waals surface area (Å²) in [5.41, 5.74) is 5.10. The highest BCUT2D eigenvalue weighted by Gasteiger charge is 2.19. The molecule has 0 saturated carbocycles. The Hall–Kier alpha value is -2.61. The number of carbonyl (C=O) groups excluding carboxylic acids is 2. The quantitative estimate of drug-likeness (QED) is 0.491. The van der Waals surface area contributed by atoms with E-state index in [2.05, 4.69) is 5.32 Å². The number of ether oxygens (including phenoxy) is 1. The number of hydrogen-bond donors (Lipinski definition) is 4. The van der Waals surface area contributed by atoms with Gasteiger partial charge < -0.3 is 26.0 Å². The van der Waals surface area contributed by atoms with E-state index >= 15 is 0 Å². The largest absolute Gasteiger partial charge is 0.484 e. The van der Waals surface area contributed by atoms with Crippen LogP contribution < -0.4 is 15.8 Å². The van der Waals surface area contributed by atoms with E-state index in [1.165, 1.54) is 24.3 Å². The van der Waals surface area contributed by atoms with Crippen LogP contribution in [-0.4, -0.2) is 47.3 Å². The molecule has 0 fully saturated rings. The number of amides is 2. The maximum absolute atomic E-state index is 11.7. The highest BCUT2D eigenvalue weighted by atomic mass is 16.5. The van der Waals surface area contributed by atoms with Crippen LogP contribution in [-0.2, 0) is 9.59 Å². The molecule has 1 aromatic rings. The Balaban J connectivity index is 2.65. The molecule has 0 aliphatic rings. The van der Waals surface area contributed by atoms with Crippen molar-refractivity contribution >= 4 is 17.8 Å². The second-order valence-corrected chi connectivity index (χ2v) is 3.83. The second-order valence-electron chi connectivity index (χ2n) is 3.83. The summed E-state index contributed by atoms with van der Waals surface area (Å²) < 4.78 is 5.00. The van der Waals surface area contributed by atoms with Crippen molar-refractivity contribution < 1.29 is 29.3 Å². The summed E-state index contributed by atoms with van der Waals surface area (Å²) in [6, 6.07) is 4.29. The number of aliphatic carboxylic acids is 1. The summed E-state index contributed by atoms with van der Waals surface area (Å²) in [7, 11) is 0. The molecular weight excluding hydrogens is 268 g/mol.